The number of benzene rings is 2. The lowest BCUT2D eigenvalue weighted by Crippen LogP contribution is -2.30. The fourth-order valence-electron chi connectivity index (χ4n) is 3.15. The number of nitrogens with zero attached hydrogens (tertiary/aromatic N) is 3. The fourth-order valence-corrected chi connectivity index (χ4v) is 4.67. The van der Waals surface area contributed by atoms with E-state index in [-0.39, 0.29) is 11.3 Å². The van der Waals surface area contributed by atoms with E-state index in [0.717, 1.165) is 20.4 Å². The Morgan fingerprint density at radius 2 is 1.83 bits per heavy atom. The molecule has 0 atom stereocenters. The minimum atomic E-state index is -0.0840. The highest BCUT2D eigenvalue weighted by molar-refractivity contribution is 9.10. The van der Waals surface area contributed by atoms with E-state index >= 15 is 0 Å². The predicted molar refractivity (Wildman–Crippen MR) is 127 cm³/mol. The van der Waals surface area contributed by atoms with Crippen LogP contribution in [0.3, 0.4) is 0 Å². The molecule has 0 radical (unpaired) electrons. The summed E-state index contributed by atoms with van der Waals surface area (Å²) in [7, 11) is 0. The van der Waals surface area contributed by atoms with E-state index in [1.54, 1.807) is 11.1 Å². The van der Waals surface area contributed by atoms with Crippen LogP contribution < -0.4 is 4.90 Å². The van der Waals surface area contributed by atoms with Crippen molar-refractivity contribution in [1.82, 2.24) is 9.97 Å². The van der Waals surface area contributed by atoms with E-state index < -0.39 is 0 Å². The van der Waals surface area contributed by atoms with Crippen LogP contribution in [0.4, 0.5) is 5.13 Å². The summed E-state index contributed by atoms with van der Waals surface area (Å²) in [5.74, 6) is -0.0840. The third-order valence-corrected chi connectivity index (χ3v) is 6.39. The molecule has 4 aromatic rings. The molecule has 6 heteroatoms. The molecule has 30 heavy (non-hydrogen) atoms. The van der Waals surface area contributed by atoms with Gasteiger partial charge in [0, 0.05) is 16.2 Å². The predicted octanol–water partition coefficient (Wildman–Crippen LogP) is 6.60. The zero-order valence-corrected chi connectivity index (χ0v) is 19.5. The smallest absolute Gasteiger partial charge is 0.260 e. The number of thiazole rings is 1. The van der Waals surface area contributed by atoms with Gasteiger partial charge in [-0.1, -0.05) is 66.2 Å². The third-order valence-electron chi connectivity index (χ3n) is 4.86. The molecule has 152 valence electrons. The number of hydrogen-bond donors (Lipinski definition) is 0. The quantitative estimate of drug-likeness (QED) is 0.331. The van der Waals surface area contributed by atoms with E-state index in [1.807, 2.05) is 60.7 Å². The molecular weight excluding hydrogens is 458 g/mol. The number of rotatable bonds is 4. The highest BCUT2D eigenvalue weighted by atomic mass is 79.9. The summed E-state index contributed by atoms with van der Waals surface area (Å²) in [6, 6.07) is 19.5. The molecule has 2 aromatic carbocycles. The van der Waals surface area contributed by atoms with Gasteiger partial charge in [-0.15, -0.1) is 0 Å². The molecule has 0 fully saturated rings. The zero-order chi connectivity index (χ0) is 21.3. The van der Waals surface area contributed by atoms with Gasteiger partial charge in [0.1, 0.15) is 0 Å². The maximum Gasteiger partial charge on any atom is 0.260 e. The number of fused-ring (bicyclic) bond motifs is 1. The summed E-state index contributed by atoms with van der Waals surface area (Å²) in [6.45, 7) is 6.85. The molecule has 2 aromatic heterocycles. The van der Waals surface area contributed by atoms with Crippen LogP contribution in [0, 0.1) is 0 Å². The number of amides is 1. The standard InChI is InChI=1S/C24H22BrN3OS/c1-24(2,3)17-9-7-16(8-10-17)22(29)28(15-19-6-4-5-13-26-19)23-27-20-12-11-18(25)14-21(20)30-23/h4-14H,15H2,1-3H3. The average molecular weight is 480 g/mol. The highest BCUT2D eigenvalue weighted by Gasteiger charge is 2.23. The maximum atomic E-state index is 13.5. The summed E-state index contributed by atoms with van der Waals surface area (Å²) in [5.41, 5.74) is 3.56. The van der Waals surface area contributed by atoms with Crippen LogP contribution in [-0.2, 0) is 12.0 Å². The second kappa shape index (κ2) is 8.28. The normalized spacial score (nSPS) is 11.6. The molecule has 0 spiro atoms. The van der Waals surface area contributed by atoms with Gasteiger partial charge >= 0.3 is 0 Å². The van der Waals surface area contributed by atoms with Gasteiger partial charge in [-0.05, 0) is 53.4 Å². The number of carbonyl (C=O) groups excluding carboxylic acids is 1. The van der Waals surface area contributed by atoms with Crippen molar-refractivity contribution in [3.63, 3.8) is 0 Å². The summed E-state index contributed by atoms with van der Waals surface area (Å²) >= 11 is 5.01. The van der Waals surface area contributed by atoms with E-state index in [4.69, 9.17) is 4.98 Å². The molecular formula is C24H22BrN3OS. The Balaban J connectivity index is 1.73. The van der Waals surface area contributed by atoms with E-state index in [9.17, 15) is 4.79 Å². The Bertz CT molecular complexity index is 1180. The van der Waals surface area contributed by atoms with Gasteiger partial charge in [0.2, 0.25) is 0 Å². The third kappa shape index (κ3) is 4.45. The van der Waals surface area contributed by atoms with Gasteiger partial charge in [0.25, 0.3) is 5.91 Å². The Hall–Kier alpha value is -2.57. The van der Waals surface area contributed by atoms with Crippen molar-refractivity contribution in [2.24, 2.45) is 0 Å². The van der Waals surface area contributed by atoms with Gasteiger partial charge in [-0.3, -0.25) is 14.7 Å². The molecule has 0 aliphatic heterocycles. The van der Waals surface area contributed by atoms with Crippen LogP contribution in [-0.4, -0.2) is 15.9 Å². The summed E-state index contributed by atoms with van der Waals surface area (Å²) in [4.78, 5) is 24.4. The van der Waals surface area contributed by atoms with Gasteiger partial charge in [-0.25, -0.2) is 4.98 Å². The van der Waals surface area contributed by atoms with Gasteiger partial charge in [0.15, 0.2) is 5.13 Å². The second-order valence-electron chi connectivity index (χ2n) is 8.15. The lowest BCUT2D eigenvalue weighted by molar-refractivity contribution is 0.0984. The number of hydrogen-bond acceptors (Lipinski definition) is 4. The van der Waals surface area contributed by atoms with Crippen molar-refractivity contribution in [3.8, 4) is 0 Å². The molecule has 0 saturated heterocycles. The van der Waals surface area contributed by atoms with Crippen LogP contribution >= 0.6 is 27.3 Å². The molecule has 0 saturated carbocycles. The Morgan fingerprint density at radius 1 is 1.07 bits per heavy atom. The minimum Gasteiger partial charge on any atom is -0.278 e. The first-order chi connectivity index (χ1) is 14.3. The van der Waals surface area contributed by atoms with Crippen LogP contribution in [0.25, 0.3) is 10.2 Å². The van der Waals surface area contributed by atoms with Gasteiger partial charge in [0.05, 0.1) is 22.5 Å². The van der Waals surface area contributed by atoms with E-state index in [0.29, 0.717) is 17.2 Å². The topological polar surface area (TPSA) is 46.1 Å². The van der Waals surface area contributed by atoms with Gasteiger partial charge in [-0.2, -0.15) is 0 Å². The average Bonchev–Trinajstić information content (AvgIpc) is 3.14. The van der Waals surface area contributed by atoms with Crippen LogP contribution in [0.2, 0.25) is 0 Å². The second-order valence-corrected chi connectivity index (χ2v) is 10.1. The largest absolute Gasteiger partial charge is 0.278 e. The SMILES string of the molecule is CC(C)(C)c1ccc(C(=O)N(Cc2ccccn2)c2nc3ccc(Br)cc3s2)cc1. The molecule has 4 rings (SSSR count). The van der Waals surface area contributed by atoms with Crippen LogP contribution in [0.15, 0.2) is 71.3 Å². The summed E-state index contributed by atoms with van der Waals surface area (Å²) < 4.78 is 2.02. The fraction of sp³-hybridized carbons (Fsp3) is 0.208. The lowest BCUT2D eigenvalue weighted by Gasteiger charge is -2.21. The molecule has 0 unspecified atom stereocenters. The molecule has 0 aliphatic rings. The lowest BCUT2D eigenvalue weighted by atomic mass is 9.86. The Labute approximate surface area is 188 Å². The van der Waals surface area contributed by atoms with Crippen LogP contribution in [0.5, 0.6) is 0 Å². The van der Waals surface area contributed by atoms with Crippen molar-refractivity contribution in [2.45, 2.75) is 32.7 Å². The van der Waals surface area contributed by atoms with Crippen molar-refractivity contribution in [2.75, 3.05) is 4.90 Å². The molecule has 0 bridgehead atoms. The van der Waals surface area contributed by atoms with Crippen molar-refractivity contribution >= 4 is 48.5 Å². The zero-order valence-electron chi connectivity index (χ0n) is 17.1. The number of halogens is 1. The van der Waals surface area contributed by atoms with E-state index in [1.165, 1.54) is 16.9 Å². The maximum absolute atomic E-state index is 13.5. The number of aromatic nitrogens is 2. The molecule has 0 N–H and O–H groups in total. The highest BCUT2D eigenvalue weighted by Crippen LogP contribution is 2.32. The van der Waals surface area contributed by atoms with Crippen molar-refractivity contribution in [3.05, 3.63) is 88.2 Å². The van der Waals surface area contributed by atoms with E-state index in [2.05, 4.69) is 41.7 Å². The number of anilines is 1. The summed E-state index contributed by atoms with van der Waals surface area (Å²) in [6.07, 6.45) is 1.74. The van der Waals surface area contributed by atoms with Crippen LogP contribution in [0.1, 0.15) is 42.4 Å². The van der Waals surface area contributed by atoms with Crippen molar-refractivity contribution < 1.29 is 4.79 Å². The minimum absolute atomic E-state index is 0.0373. The van der Waals surface area contributed by atoms with Crippen molar-refractivity contribution in [1.29, 1.82) is 0 Å². The summed E-state index contributed by atoms with van der Waals surface area (Å²) in [5, 5.41) is 0.665. The first-order valence-electron chi connectivity index (χ1n) is 9.70. The Morgan fingerprint density at radius 3 is 2.50 bits per heavy atom. The molecule has 1 amide bonds. The number of pyridine rings is 1. The molecule has 0 aliphatic carbocycles. The Kier molecular flexibility index (Phi) is 5.71. The van der Waals surface area contributed by atoms with Gasteiger partial charge < -0.3 is 0 Å². The molecule has 2 heterocycles. The molecule has 4 nitrogen and oxygen atoms in total. The first kappa shape index (κ1) is 20.7. The number of carbonyl (C=O) groups is 1. The first-order valence-corrected chi connectivity index (χ1v) is 11.3. The monoisotopic (exact) mass is 479 g/mol.